The fourth-order valence-electron chi connectivity index (χ4n) is 2.60. The van der Waals surface area contributed by atoms with Gasteiger partial charge in [0, 0.05) is 15.4 Å². The van der Waals surface area contributed by atoms with Gasteiger partial charge in [-0.1, -0.05) is 40.2 Å². The molecule has 0 saturated heterocycles. The molecule has 0 spiro atoms. The molecule has 1 aliphatic rings. The smallest absolute Gasteiger partial charge is 0.246 e. The van der Waals surface area contributed by atoms with Crippen molar-refractivity contribution in [3.05, 3.63) is 64.3 Å². The van der Waals surface area contributed by atoms with Crippen LogP contribution in [0.5, 0.6) is 0 Å². The van der Waals surface area contributed by atoms with Crippen LogP contribution in [0.25, 0.3) is 11.0 Å². The Morgan fingerprint density at radius 2 is 2.00 bits per heavy atom. The predicted octanol–water partition coefficient (Wildman–Crippen LogP) is 3.98. The quantitative estimate of drug-likeness (QED) is 0.718. The highest BCUT2D eigenvalue weighted by atomic mass is 79.9. The van der Waals surface area contributed by atoms with Gasteiger partial charge in [0.25, 0.3) is 0 Å². The molecule has 4 rings (SSSR count). The van der Waals surface area contributed by atoms with E-state index in [9.17, 15) is 4.79 Å². The number of para-hydroxylation sites is 1. The van der Waals surface area contributed by atoms with Crippen LogP contribution in [0.3, 0.4) is 0 Å². The van der Waals surface area contributed by atoms with Crippen LogP contribution in [0.1, 0.15) is 11.3 Å². The molecule has 1 aliphatic heterocycles. The number of benzene rings is 2. The highest BCUT2D eigenvalue weighted by Gasteiger charge is 2.24. The molecule has 0 unspecified atom stereocenters. The van der Waals surface area contributed by atoms with Crippen molar-refractivity contribution in [3.8, 4) is 0 Å². The van der Waals surface area contributed by atoms with Crippen molar-refractivity contribution < 1.29 is 9.21 Å². The summed E-state index contributed by atoms with van der Waals surface area (Å²) < 4.78 is 6.92. The summed E-state index contributed by atoms with van der Waals surface area (Å²) in [5.74, 6) is 0.461. The lowest BCUT2D eigenvalue weighted by Gasteiger charge is -2.04. The van der Waals surface area contributed by atoms with Gasteiger partial charge in [0.05, 0.1) is 5.69 Å². The Hall–Kier alpha value is -2.40. The van der Waals surface area contributed by atoms with E-state index in [1.54, 1.807) is 0 Å². The van der Waals surface area contributed by atoms with Gasteiger partial charge in [-0.05, 0) is 24.3 Å². The largest absolute Gasteiger partial charge is 0.452 e. The summed E-state index contributed by atoms with van der Waals surface area (Å²) in [7, 11) is 0. The second-order valence-electron chi connectivity index (χ2n) is 5.03. The second kappa shape index (κ2) is 5.10. The van der Waals surface area contributed by atoms with E-state index in [0.717, 1.165) is 21.0 Å². The van der Waals surface area contributed by atoms with E-state index in [4.69, 9.17) is 4.42 Å². The number of hydrogen-bond donors (Lipinski definition) is 1. The van der Waals surface area contributed by atoms with Gasteiger partial charge in [-0.2, -0.15) is 0 Å². The van der Waals surface area contributed by atoms with Crippen LogP contribution in [0.15, 0.2) is 62.4 Å². The topological polar surface area (TPSA) is 54.6 Å². The third kappa shape index (κ3) is 2.14. The molecule has 0 radical (unpaired) electrons. The number of halogens is 1. The summed E-state index contributed by atoms with van der Waals surface area (Å²) in [4.78, 5) is 16.4. The molecule has 1 amide bonds. The number of anilines is 1. The second-order valence-corrected chi connectivity index (χ2v) is 5.94. The van der Waals surface area contributed by atoms with Crippen LogP contribution >= 0.6 is 15.9 Å². The summed E-state index contributed by atoms with van der Waals surface area (Å²) in [6.07, 6.45) is 0. The number of furan rings is 1. The summed E-state index contributed by atoms with van der Waals surface area (Å²) in [6.45, 7) is 0.0837. The van der Waals surface area contributed by atoms with Crippen LogP contribution in [0.4, 0.5) is 5.69 Å². The summed E-state index contributed by atoms with van der Waals surface area (Å²) in [5.41, 5.74) is 3.02. The molecule has 1 N–H and O–H groups in total. The van der Waals surface area contributed by atoms with E-state index in [1.807, 2.05) is 48.5 Å². The highest BCUT2D eigenvalue weighted by molar-refractivity contribution is 9.10. The number of fused-ring (bicyclic) bond motifs is 3. The van der Waals surface area contributed by atoms with Crippen LogP contribution in [0, 0.1) is 0 Å². The maximum atomic E-state index is 12.0. The average molecular weight is 355 g/mol. The standard InChI is InChI=1S/C17H11BrN2O2/c18-11-5-3-4-10(8-11)15-17-16(20-14(21)9-19-15)12-6-1-2-7-13(12)22-17/h1-8H,9H2,(H,20,21). The zero-order valence-electron chi connectivity index (χ0n) is 11.5. The minimum atomic E-state index is -0.141. The third-order valence-electron chi connectivity index (χ3n) is 3.55. The number of carbonyl (C=O) groups excluding carboxylic acids is 1. The van der Waals surface area contributed by atoms with Gasteiger partial charge in [0.2, 0.25) is 5.91 Å². The monoisotopic (exact) mass is 354 g/mol. The maximum Gasteiger partial charge on any atom is 0.246 e. The van der Waals surface area contributed by atoms with Gasteiger partial charge >= 0.3 is 0 Å². The lowest BCUT2D eigenvalue weighted by Crippen LogP contribution is -2.13. The molecule has 108 valence electrons. The number of nitrogens with zero attached hydrogens (tertiary/aromatic N) is 1. The maximum absolute atomic E-state index is 12.0. The van der Waals surface area contributed by atoms with E-state index >= 15 is 0 Å². The number of rotatable bonds is 1. The Labute approximate surface area is 135 Å². The average Bonchev–Trinajstić information content (AvgIpc) is 2.78. The van der Waals surface area contributed by atoms with E-state index in [1.165, 1.54) is 0 Å². The SMILES string of the molecule is O=C1CN=C(c2cccc(Br)c2)c2oc3ccccc3c2N1. The Kier molecular flexibility index (Phi) is 3.08. The first-order chi connectivity index (χ1) is 10.7. The Balaban J connectivity index is 1.99. The molecule has 0 saturated carbocycles. The highest BCUT2D eigenvalue weighted by Crippen LogP contribution is 2.34. The molecule has 0 bridgehead atoms. The zero-order valence-corrected chi connectivity index (χ0v) is 13.1. The lowest BCUT2D eigenvalue weighted by atomic mass is 10.1. The molecular formula is C17H11BrN2O2. The fourth-order valence-corrected chi connectivity index (χ4v) is 3.00. The van der Waals surface area contributed by atoms with E-state index in [0.29, 0.717) is 17.2 Å². The number of carbonyl (C=O) groups is 1. The Bertz CT molecular complexity index is 927. The Morgan fingerprint density at radius 1 is 1.14 bits per heavy atom. The normalized spacial score (nSPS) is 14.2. The van der Waals surface area contributed by atoms with Crippen LogP contribution < -0.4 is 5.32 Å². The minimum absolute atomic E-state index is 0.0837. The van der Waals surface area contributed by atoms with Crippen molar-refractivity contribution in [2.24, 2.45) is 4.99 Å². The number of hydrogen-bond acceptors (Lipinski definition) is 3. The molecule has 2 aromatic carbocycles. The van der Waals surface area contributed by atoms with Crippen molar-refractivity contribution in [1.82, 2.24) is 0 Å². The van der Waals surface area contributed by atoms with E-state index in [-0.39, 0.29) is 12.5 Å². The van der Waals surface area contributed by atoms with Crippen molar-refractivity contribution in [2.45, 2.75) is 0 Å². The predicted molar refractivity (Wildman–Crippen MR) is 89.5 cm³/mol. The summed E-state index contributed by atoms with van der Waals surface area (Å²) in [5, 5.41) is 3.79. The number of aliphatic imine (C=N–C) groups is 1. The van der Waals surface area contributed by atoms with Crippen molar-refractivity contribution in [1.29, 1.82) is 0 Å². The first-order valence-electron chi connectivity index (χ1n) is 6.84. The van der Waals surface area contributed by atoms with Gasteiger partial charge in [0.15, 0.2) is 5.76 Å². The Morgan fingerprint density at radius 3 is 2.86 bits per heavy atom. The van der Waals surface area contributed by atoms with Gasteiger partial charge in [-0.3, -0.25) is 9.79 Å². The van der Waals surface area contributed by atoms with Gasteiger partial charge in [-0.15, -0.1) is 0 Å². The van der Waals surface area contributed by atoms with Crippen molar-refractivity contribution >= 4 is 44.2 Å². The first-order valence-corrected chi connectivity index (χ1v) is 7.64. The van der Waals surface area contributed by atoms with Crippen LogP contribution in [-0.2, 0) is 4.79 Å². The molecule has 2 heterocycles. The van der Waals surface area contributed by atoms with Crippen LogP contribution in [0.2, 0.25) is 0 Å². The van der Waals surface area contributed by atoms with Crippen LogP contribution in [-0.4, -0.2) is 18.2 Å². The van der Waals surface area contributed by atoms with Crippen molar-refractivity contribution in [2.75, 3.05) is 11.9 Å². The fraction of sp³-hybridized carbons (Fsp3) is 0.0588. The van der Waals surface area contributed by atoms with E-state index < -0.39 is 0 Å². The molecule has 4 nitrogen and oxygen atoms in total. The molecule has 3 aromatic rings. The molecule has 0 atom stereocenters. The molecule has 0 fully saturated rings. The molecule has 5 heteroatoms. The lowest BCUT2D eigenvalue weighted by molar-refractivity contribution is -0.114. The van der Waals surface area contributed by atoms with Crippen molar-refractivity contribution in [3.63, 3.8) is 0 Å². The van der Waals surface area contributed by atoms with Gasteiger partial charge in [-0.25, -0.2) is 0 Å². The zero-order chi connectivity index (χ0) is 15.1. The first kappa shape index (κ1) is 13.3. The summed E-state index contributed by atoms with van der Waals surface area (Å²) >= 11 is 3.47. The molecule has 22 heavy (non-hydrogen) atoms. The van der Waals surface area contributed by atoms with E-state index in [2.05, 4.69) is 26.2 Å². The minimum Gasteiger partial charge on any atom is -0.452 e. The molecule has 1 aromatic heterocycles. The summed E-state index contributed by atoms with van der Waals surface area (Å²) in [6, 6.07) is 15.4. The molecule has 0 aliphatic carbocycles. The molecular weight excluding hydrogens is 344 g/mol. The third-order valence-corrected chi connectivity index (χ3v) is 4.05. The number of nitrogens with one attached hydrogen (secondary N) is 1. The van der Waals surface area contributed by atoms with Gasteiger partial charge < -0.3 is 9.73 Å². The number of amides is 1. The van der Waals surface area contributed by atoms with Gasteiger partial charge in [0.1, 0.15) is 17.8 Å².